The number of hydrogen-bond donors (Lipinski definition) is 2. The first-order valence-corrected chi connectivity index (χ1v) is 7.45. The molecule has 2 rings (SSSR count). The summed E-state index contributed by atoms with van der Waals surface area (Å²) in [5, 5.41) is 14.3. The van der Waals surface area contributed by atoms with Crippen LogP contribution in [0.15, 0.2) is 41.5 Å². The molecule has 0 heterocycles. The number of nitrogens with zero attached hydrogens (tertiary/aromatic N) is 1. The molecule has 6 heteroatoms. The molecule has 120 valence electrons. The van der Waals surface area contributed by atoms with Gasteiger partial charge in [-0.05, 0) is 31.5 Å². The van der Waals surface area contributed by atoms with E-state index in [4.69, 9.17) is 16.3 Å². The van der Waals surface area contributed by atoms with Crippen LogP contribution in [-0.2, 0) is 0 Å². The Kier molecular flexibility index (Phi) is 5.60. The van der Waals surface area contributed by atoms with E-state index in [1.165, 1.54) is 18.3 Å². The second kappa shape index (κ2) is 7.65. The summed E-state index contributed by atoms with van der Waals surface area (Å²) in [5.41, 5.74) is 4.16. The quantitative estimate of drug-likeness (QED) is 0.650. The van der Waals surface area contributed by atoms with Crippen molar-refractivity contribution in [3.05, 3.63) is 58.1 Å². The Morgan fingerprint density at radius 3 is 2.83 bits per heavy atom. The molecule has 1 amide bonds. The minimum Gasteiger partial charge on any atom is -0.504 e. The van der Waals surface area contributed by atoms with Crippen molar-refractivity contribution in [3.8, 4) is 11.5 Å². The maximum Gasteiger partial charge on any atom is 0.271 e. The number of halogens is 1. The van der Waals surface area contributed by atoms with Crippen molar-refractivity contribution in [2.75, 3.05) is 6.61 Å². The molecule has 0 aliphatic heterocycles. The Morgan fingerprint density at radius 2 is 2.13 bits per heavy atom. The van der Waals surface area contributed by atoms with E-state index in [2.05, 4.69) is 10.5 Å². The molecule has 0 atom stereocenters. The average Bonchev–Trinajstić information content (AvgIpc) is 2.52. The number of carbonyl (C=O) groups is 1. The van der Waals surface area contributed by atoms with Crippen molar-refractivity contribution in [3.63, 3.8) is 0 Å². The van der Waals surface area contributed by atoms with Crippen LogP contribution in [0.3, 0.4) is 0 Å². The second-order valence-electron chi connectivity index (χ2n) is 4.79. The van der Waals surface area contributed by atoms with Gasteiger partial charge in [0, 0.05) is 22.2 Å². The molecule has 0 unspecified atom stereocenters. The fourth-order valence-corrected chi connectivity index (χ4v) is 2.22. The number of ether oxygens (including phenoxy) is 1. The molecular weight excluding hydrogens is 316 g/mol. The first-order valence-electron chi connectivity index (χ1n) is 7.07. The van der Waals surface area contributed by atoms with Crippen molar-refractivity contribution in [1.82, 2.24) is 5.43 Å². The zero-order valence-corrected chi connectivity index (χ0v) is 13.6. The minimum atomic E-state index is -0.328. The highest BCUT2D eigenvalue weighted by Crippen LogP contribution is 2.32. The lowest BCUT2D eigenvalue weighted by Crippen LogP contribution is -2.18. The largest absolute Gasteiger partial charge is 0.504 e. The van der Waals surface area contributed by atoms with Crippen LogP contribution in [0.4, 0.5) is 0 Å². The number of amides is 1. The van der Waals surface area contributed by atoms with Gasteiger partial charge in [-0.25, -0.2) is 5.43 Å². The van der Waals surface area contributed by atoms with E-state index in [1.54, 1.807) is 19.1 Å². The number of carbonyl (C=O) groups excluding carboxylic acids is 1. The summed E-state index contributed by atoms with van der Waals surface area (Å²) in [5.74, 6) is -0.136. The molecule has 2 N–H and O–H groups in total. The highest BCUT2D eigenvalue weighted by molar-refractivity contribution is 6.31. The van der Waals surface area contributed by atoms with Gasteiger partial charge in [0.05, 0.1) is 12.8 Å². The van der Waals surface area contributed by atoms with Gasteiger partial charge in [0.2, 0.25) is 0 Å². The number of nitrogens with one attached hydrogen (secondary N) is 1. The molecule has 0 aliphatic rings. The SMILES string of the molecule is CCOc1cc(Cl)cc(/C=N/NC(=O)c2ccccc2C)c1O. The molecule has 2 aromatic carbocycles. The van der Waals surface area contributed by atoms with Crippen LogP contribution in [0.25, 0.3) is 0 Å². The van der Waals surface area contributed by atoms with Crippen LogP contribution in [-0.4, -0.2) is 23.8 Å². The summed E-state index contributed by atoms with van der Waals surface area (Å²) in [7, 11) is 0. The van der Waals surface area contributed by atoms with E-state index in [-0.39, 0.29) is 17.4 Å². The lowest BCUT2D eigenvalue weighted by molar-refractivity contribution is 0.0954. The van der Waals surface area contributed by atoms with Gasteiger partial charge < -0.3 is 9.84 Å². The lowest BCUT2D eigenvalue weighted by atomic mass is 10.1. The van der Waals surface area contributed by atoms with Crippen LogP contribution in [0.5, 0.6) is 11.5 Å². The summed E-state index contributed by atoms with van der Waals surface area (Å²) in [6, 6.07) is 10.2. The molecule has 5 nitrogen and oxygen atoms in total. The Balaban J connectivity index is 2.15. The van der Waals surface area contributed by atoms with Crippen molar-refractivity contribution < 1.29 is 14.6 Å². The van der Waals surface area contributed by atoms with Gasteiger partial charge in [0.25, 0.3) is 5.91 Å². The number of phenols is 1. The molecule has 2 aromatic rings. The zero-order chi connectivity index (χ0) is 16.8. The molecule has 23 heavy (non-hydrogen) atoms. The van der Waals surface area contributed by atoms with Crippen LogP contribution < -0.4 is 10.2 Å². The van der Waals surface area contributed by atoms with E-state index in [9.17, 15) is 9.90 Å². The number of phenolic OH excluding ortho intramolecular Hbond substituents is 1. The zero-order valence-electron chi connectivity index (χ0n) is 12.8. The number of hydrazone groups is 1. The number of rotatable bonds is 5. The van der Waals surface area contributed by atoms with Crippen LogP contribution in [0.2, 0.25) is 5.02 Å². The topological polar surface area (TPSA) is 70.9 Å². The standard InChI is InChI=1S/C17H17ClN2O3/c1-3-23-15-9-13(18)8-12(16(15)21)10-19-20-17(22)14-7-5-4-6-11(14)2/h4-10,21H,3H2,1-2H3,(H,20,22)/b19-10+. The molecule has 0 saturated carbocycles. The van der Waals surface area contributed by atoms with Gasteiger partial charge in [0.15, 0.2) is 11.5 Å². The van der Waals surface area contributed by atoms with Gasteiger partial charge >= 0.3 is 0 Å². The fraction of sp³-hybridized carbons (Fsp3) is 0.176. The van der Waals surface area contributed by atoms with Crippen molar-refractivity contribution in [1.29, 1.82) is 0 Å². The summed E-state index contributed by atoms with van der Waals surface area (Å²) >= 11 is 5.98. The van der Waals surface area contributed by atoms with E-state index in [1.807, 2.05) is 19.1 Å². The van der Waals surface area contributed by atoms with Gasteiger partial charge in [0.1, 0.15) is 0 Å². The van der Waals surface area contributed by atoms with Crippen LogP contribution >= 0.6 is 11.6 Å². The summed E-state index contributed by atoms with van der Waals surface area (Å²) < 4.78 is 5.29. The third-order valence-electron chi connectivity index (χ3n) is 3.13. The molecule has 0 saturated heterocycles. The summed E-state index contributed by atoms with van der Waals surface area (Å²) in [4.78, 5) is 12.0. The molecule has 0 aromatic heterocycles. The highest BCUT2D eigenvalue weighted by Gasteiger charge is 2.10. The number of aromatic hydroxyl groups is 1. The lowest BCUT2D eigenvalue weighted by Gasteiger charge is -2.08. The van der Waals surface area contributed by atoms with Crippen molar-refractivity contribution in [2.24, 2.45) is 5.10 Å². The van der Waals surface area contributed by atoms with E-state index in [0.29, 0.717) is 22.8 Å². The van der Waals surface area contributed by atoms with E-state index in [0.717, 1.165) is 5.56 Å². The maximum atomic E-state index is 12.0. The summed E-state index contributed by atoms with van der Waals surface area (Å²) in [6.07, 6.45) is 1.32. The summed E-state index contributed by atoms with van der Waals surface area (Å²) in [6.45, 7) is 4.04. The Hall–Kier alpha value is -2.53. The highest BCUT2D eigenvalue weighted by atomic mass is 35.5. The van der Waals surface area contributed by atoms with Gasteiger partial charge in [-0.1, -0.05) is 29.8 Å². The average molecular weight is 333 g/mol. The number of aryl methyl sites for hydroxylation is 1. The maximum absolute atomic E-state index is 12.0. The van der Waals surface area contributed by atoms with Crippen molar-refractivity contribution in [2.45, 2.75) is 13.8 Å². The predicted molar refractivity (Wildman–Crippen MR) is 90.5 cm³/mol. The number of hydrogen-bond acceptors (Lipinski definition) is 4. The monoisotopic (exact) mass is 332 g/mol. The molecule has 0 fully saturated rings. The molecular formula is C17H17ClN2O3. The van der Waals surface area contributed by atoms with E-state index < -0.39 is 0 Å². The predicted octanol–water partition coefficient (Wildman–Crippen LogP) is 3.52. The minimum absolute atomic E-state index is 0.0786. The molecule has 0 bridgehead atoms. The van der Waals surface area contributed by atoms with Crippen molar-refractivity contribution >= 4 is 23.7 Å². The first-order chi connectivity index (χ1) is 11.0. The Labute approximate surface area is 139 Å². The number of benzene rings is 2. The molecule has 0 radical (unpaired) electrons. The van der Waals surface area contributed by atoms with Gasteiger partial charge in [-0.2, -0.15) is 5.10 Å². The fourth-order valence-electron chi connectivity index (χ4n) is 2.01. The second-order valence-corrected chi connectivity index (χ2v) is 5.23. The van der Waals surface area contributed by atoms with Crippen LogP contribution in [0.1, 0.15) is 28.4 Å². The normalized spacial score (nSPS) is 10.7. The third-order valence-corrected chi connectivity index (χ3v) is 3.35. The molecule has 0 aliphatic carbocycles. The van der Waals surface area contributed by atoms with Gasteiger partial charge in [-0.15, -0.1) is 0 Å². The van der Waals surface area contributed by atoms with Gasteiger partial charge in [-0.3, -0.25) is 4.79 Å². The third kappa shape index (κ3) is 4.23. The smallest absolute Gasteiger partial charge is 0.271 e. The first kappa shape index (κ1) is 16.8. The van der Waals surface area contributed by atoms with Crippen LogP contribution in [0, 0.1) is 6.92 Å². The van der Waals surface area contributed by atoms with E-state index >= 15 is 0 Å². The Morgan fingerprint density at radius 1 is 1.39 bits per heavy atom. The molecule has 0 spiro atoms. The Bertz CT molecular complexity index is 745.